The summed E-state index contributed by atoms with van der Waals surface area (Å²) < 4.78 is 11.4. The molecule has 3 nitrogen and oxygen atoms in total. The lowest BCUT2D eigenvalue weighted by atomic mass is 10.1. The molecule has 0 aromatic heterocycles. The van der Waals surface area contributed by atoms with Crippen LogP contribution < -0.4 is 10.1 Å². The van der Waals surface area contributed by atoms with Crippen molar-refractivity contribution in [1.29, 1.82) is 0 Å². The molecule has 0 saturated carbocycles. The van der Waals surface area contributed by atoms with Crippen molar-refractivity contribution >= 4 is 0 Å². The number of ether oxygens (including phenoxy) is 2. The molecular formula is C14H21NO2. The number of hydrogen-bond acceptors (Lipinski definition) is 3. The molecule has 1 heterocycles. The van der Waals surface area contributed by atoms with E-state index >= 15 is 0 Å². The Balaban J connectivity index is 1.63. The average Bonchev–Trinajstić information content (AvgIpc) is 2.70. The summed E-state index contributed by atoms with van der Waals surface area (Å²) in [6.45, 7) is 6.59. The van der Waals surface area contributed by atoms with Gasteiger partial charge in [0.2, 0.25) is 0 Å². The Morgan fingerprint density at radius 2 is 2.24 bits per heavy atom. The Kier molecular flexibility index (Phi) is 4.40. The van der Waals surface area contributed by atoms with Crippen molar-refractivity contribution in [3.05, 3.63) is 29.8 Å². The monoisotopic (exact) mass is 235 g/mol. The van der Waals surface area contributed by atoms with E-state index in [1.54, 1.807) is 0 Å². The SMILES string of the molecule is CC(C)NCCOCC1Cc2ccccc2O1. The lowest BCUT2D eigenvalue weighted by Gasteiger charge is -2.12. The molecule has 0 bridgehead atoms. The molecule has 0 fully saturated rings. The van der Waals surface area contributed by atoms with Gasteiger partial charge in [0, 0.05) is 19.0 Å². The van der Waals surface area contributed by atoms with Crippen molar-refractivity contribution < 1.29 is 9.47 Å². The van der Waals surface area contributed by atoms with Gasteiger partial charge in [0.15, 0.2) is 0 Å². The Morgan fingerprint density at radius 1 is 1.41 bits per heavy atom. The standard InChI is InChI=1S/C14H21NO2/c1-11(2)15-7-8-16-10-13-9-12-5-3-4-6-14(12)17-13/h3-6,11,13,15H,7-10H2,1-2H3. The van der Waals surface area contributed by atoms with Gasteiger partial charge in [-0.15, -0.1) is 0 Å². The first-order chi connectivity index (χ1) is 8.25. The van der Waals surface area contributed by atoms with Crippen LogP contribution in [0.5, 0.6) is 5.75 Å². The third kappa shape index (κ3) is 3.72. The highest BCUT2D eigenvalue weighted by Gasteiger charge is 2.21. The van der Waals surface area contributed by atoms with Crippen molar-refractivity contribution in [2.24, 2.45) is 0 Å². The van der Waals surface area contributed by atoms with Gasteiger partial charge >= 0.3 is 0 Å². The first-order valence-electron chi connectivity index (χ1n) is 6.31. The summed E-state index contributed by atoms with van der Waals surface area (Å²) in [7, 11) is 0. The first-order valence-corrected chi connectivity index (χ1v) is 6.31. The highest BCUT2D eigenvalue weighted by Crippen LogP contribution is 2.27. The minimum absolute atomic E-state index is 0.187. The Hall–Kier alpha value is -1.06. The van der Waals surface area contributed by atoms with E-state index in [1.165, 1.54) is 5.56 Å². The maximum atomic E-state index is 5.79. The number of para-hydroxylation sites is 1. The molecule has 0 saturated heterocycles. The Labute approximate surface area is 103 Å². The zero-order chi connectivity index (χ0) is 12.1. The number of rotatable bonds is 6. The molecule has 2 rings (SSSR count). The number of benzene rings is 1. The normalized spacial score (nSPS) is 18.2. The van der Waals surface area contributed by atoms with Crippen molar-refractivity contribution in [1.82, 2.24) is 5.32 Å². The van der Waals surface area contributed by atoms with E-state index in [1.807, 2.05) is 12.1 Å². The van der Waals surface area contributed by atoms with Crippen molar-refractivity contribution in [2.45, 2.75) is 32.4 Å². The van der Waals surface area contributed by atoms with Crippen LogP contribution in [0.2, 0.25) is 0 Å². The summed E-state index contributed by atoms with van der Waals surface area (Å²) >= 11 is 0. The molecule has 0 aliphatic carbocycles. The maximum absolute atomic E-state index is 5.79. The third-order valence-corrected chi connectivity index (χ3v) is 2.82. The first kappa shape index (κ1) is 12.4. The quantitative estimate of drug-likeness (QED) is 0.765. The Bertz CT molecular complexity index is 327. The summed E-state index contributed by atoms with van der Waals surface area (Å²) in [6, 6.07) is 8.73. The third-order valence-electron chi connectivity index (χ3n) is 2.82. The topological polar surface area (TPSA) is 30.5 Å². The zero-order valence-corrected chi connectivity index (χ0v) is 10.6. The summed E-state index contributed by atoms with van der Waals surface area (Å²) in [6.07, 6.45) is 1.15. The van der Waals surface area contributed by atoms with E-state index in [2.05, 4.69) is 31.3 Å². The molecule has 1 atom stereocenters. The molecule has 1 N–H and O–H groups in total. The largest absolute Gasteiger partial charge is 0.487 e. The predicted molar refractivity (Wildman–Crippen MR) is 68.5 cm³/mol. The van der Waals surface area contributed by atoms with Gasteiger partial charge in [-0.05, 0) is 11.6 Å². The molecule has 94 valence electrons. The number of nitrogens with one attached hydrogen (secondary N) is 1. The van der Waals surface area contributed by atoms with Gasteiger partial charge in [-0.3, -0.25) is 0 Å². The van der Waals surface area contributed by atoms with Crippen LogP contribution in [0.25, 0.3) is 0 Å². The average molecular weight is 235 g/mol. The van der Waals surface area contributed by atoms with Crippen LogP contribution in [0, 0.1) is 0 Å². The summed E-state index contributed by atoms with van der Waals surface area (Å²) in [5.41, 5.74) is 1.29. The van der Waals surface area contributed by atoms with Gasteiger partial charge < -0.3 is 14.8 Å². The van der Waals surface area contributed by atoms with Gasteiger partial charge in [-0.1, -0.05) is 32.0 Å². The van der Waals surface area contributed by atoms with Crippen LogP contribution in [0.15, 0.2) is 24.3 Å². The molecule has 1 aromatic carbocycles. The van der Waals surface area contributed by atoms with Crippen LogP contribution >= 0.6 is 0 Å². The minimum atomic E-state index is 0.187. The van der Waals surface area contributed by atoms with Crippen LogP contribution in [0.1, 0.15) is 19.4 Å². The zero-order valence-electron chi connectivity index (χ0n) is 10.6. The second-order valence-electron chi connectivity index (χ2n) is 4.74. The van der Waals surface area contributed by atoms with E-state index in [0.717, 1.165) is 25.3 Å². The highest BCUT2D eigenvalue weighted by molar-refractivity contribution is 5.37. The second kappa shape index (κ2) is 6.03. The van der Waals surface area contributed by atoms with Crippen molar-refractivity contribution in [3.8, 4) is 5.75 Å². The molecule has 0 spiro atoms. The fourth-order valence-electron chi connectivity index (χ4n) is 1.98. The number of hydrogen-bond donors (Lipinski definition) is 1. The van der Waals surface area contributed by atoms with Gasteiger partial charge in [0.1, 0.15) is 11.9 Å². The molecule has 0 radical (unpaired) electrons. The van der Waals surface area contributed by atoms with Crippen LogP contribution in [0.4, 0.5) is 0 Å². The number of fused-ring (bicyclic) bond motifs is 1. The predicted octanol–water partition coefficient (Wildman–Crippen LogP) is 2.00. The van der Waals surface area contributed by atoms with Gasteiger partial charge in [-0.2, -0.15) is 0 Å². The van der Waals surface area contributed by atoms with Gasteiger partial charge in [-0.25, -0.2) is 0 Å². The highest BCUT2D eigenvalue weighted by atomic mass is 16.5. The van der Waals surface area contributed by atoms with Crippen molar-refractivity contribution in [2.75, 3.05) is 19.8 Å². The van der Waals surface area contributed by atoms with Crippen LogP contribution in [-0.2, 0) is 11.2 Å². The molecule has 0 amide bonds. The lowest BCUT2D eigenvalue weighted by Crippen LogP contribution is -2.28. The smallest absolute Gasteiger partial charge is 0.126 e. The molecule has 1 aliphatic rings. The fraction of sp³-hybridized carbons (Fsp3) is 0.571. The van der Waals surface area contributed by atoms with E-state index in [0.29, 0.717) is 12.6 Å². The molecule has 17 heavy (non-hydrogen) atoms. The minimum Gasteiger partial charge on any atom is -0.487 e. The summed E-state index contributed by atoms with van der Waals surface area (Å²) in [4.78, 5) is 0. The van der Waals surface area contributed by atoms with Gasteiger partial charge in [0.25, 0.3) is 0 Å². The molecule has 3 heteroatoms. The second-order valence-corrected chi connectivity index (χ2v) is 4.74. The van der Waals surface area contributed by atoms with Crippen LogP contribution in [-0.4, -0.2) is 31.9 Å². The molecular weight excluding hydrogens is 214 g/mol. The van der Waals surface area contributed by atoms with E-state index < -0.39 is 0 Å². The van der Waals surface area contributed by atoms with E-state index in [-0.39, 0.29) is 6.10 Å². The maximum Gasteiger partial charge on any atom is 0.126 e. The fourth-order valence-corrected chi connectivity index (χ4v) is 1.98. The van der Waals surface area contributed by atoms with Crippen LogP contribution in [0.3, 0.4) is 0 Å². The summed E-state index contributed by atoms with van der Waals surface area (Å²) in [5, 5.41) is 3.32. The molecule has 1 unspecified atom stereocenters. The van der Waals surface area contributed by atoms with Crippen molar-refractivity contribution in [3.63, 3.8) is 0 Å². The molecule has 1 aromatic rings. The van der Waals surface area contributed by atoms with E-state index in [4.69, 9.17) is 9.47 Å². The Morgan fingerprint density at radius 3 is 3.00 bits per heavy atom. The summed E-state index contributed by atoms with van der Waals surface area (Å²) in [5.74, 6) is 1.02. The molecule has 1 aliphatic heterocycles. The lowest BCUT2D eigenvalue weighted by molar-refractivity contribution is 0.0614. The van der Waals surface area contributed by atoms with E-state index in [9.17, 15) is 0 Å². The van der Waals surface area contributed by atoms with Gasteiger partial charge in [0.05, 0.1) is 13.2 Å².